The fourth-order valence-electron chi connectivity index (χ4n) is 2.24. The third-order valence-electron chi connectivity index (χ3n) is 3.12. The summed E-state index contributed by atoms with van der Waals surface area (Å²) < 4.78 is 6.26. The molecule has 1 aromatic carbocycles. The highest BCUT2D eigenvalue weighted by Crippen LogP contribution is 2.18. The van der Waals surface area contributed by atoms with E-state index in [9.17, 15) is 0 Å². The van der Waals surface area contributed by atoms with Crippen molar-refractivity contribution in [2.24, 2.45) is 5.92 Å². The van der Waals surface area contributed by atoms with Crippen molar-refractivity contribution in [3.63, 3.8) is 0 Å². The standard InChI is InChI=1S/C15H24BrNO/c1-17-12-14(6-3-4-9-18-2)10-13-7-5-8-15(16)11-13/h5,7-8,11,14,17H,3-4,6,9-10,12H2,1-2H3. The van der Waals surface area contributed by atoms with Gasteiger partial charge in [-0.3, -0.25) is 0 Å². The number of methoxy groups -OCH3 is 1. The van der Waals surface area contributed by atoms with Crippen LogP contribution in [0.5, 0.6) is 0 Å². The number of nitrogens with one attached hydrogen (secondary N) is 1. The molecule has 2 nitrogen and oxygen atoms in total. The summed E-state index contributed by atoms with van der Waals surface area (Å²) in [5.41, 5.74) is 1.41. The highest BCUT2D eigenvalue weighted by molar-refractivity contribution is 9.10. The number of halogens is 1. The largest absolute Gasteiger partial charge is 0.385 e. The van der Waals surface area contributed by atoms with Crippen LogP contribution in [0.1, 0.15) is 24.8 Å². The van der Waals surface area contributed by atoms with Gasteiger partial charge in [-0.2, -0.15) is 0 Å². The van der Waals surface area contributed by atoms with Gasteiger partial charge in [0.2, 0.25) is 0 Å². The van der Waals surface area contributed by atoms with Crippen molar-refractivity contribution in [2.45, 2.75) is 25.7 Å². The maximum atomic E-state index is 5.10. The summed E-state index contributed by atoms with van der Waals surface area (Å²) in [5, 5.41) is 3.30. The first-order valence-corrected chi connectivity index (χ1v) is 7.43. The minimum absolute atomic E-state index is 0.709. The van der Waals surface area contributed by atoms with E-state index in [-0.39, 0.29) is 0 Å². The monoisotopic (exact) mass is 313 g/mol. The lowest BCUT2D eigenvalue weighted by atomic mass is 9.94. The quantitative estimate of drug-likeness (QED) is 0.703. The Bertz CT molecular complexity index is 330. The summed E-state index contributed by atoms with van der Waals surface area (Å²) in [7, 11) is 3.80. The van der Waals surface area contributed by atoms with Crippen LogP contribution in [0.4, 0.5) is 0 Å². The Kier molecular flexibility index (Phi) is 8.31. The molecule has 18 heavy (non-hydrogen) atoms. The predicted octanol–water partition coefficient (Wildman–Crippen LogP) is 3.64. The number of ether oxygens (including phenoxy) is 1. The van der Waals surface area contributed by atoms with Gasteiger partial charge in [-0.05, 0) is 56.5 Å². The second kappa shape index (κ2) is 9.54. The van der Waals surface area contributed by atoms with Crippen molar-refractivity contribution in [2.75, 3.05) is 27.3 Å². The summed E-state index contributed by atoms with van der Waals surface area (Å²) in [6.07, 6.45) is 4.81. The molecule has 0 aromatic heterocycles. The van der Waals surface area contributed by atoms with Crippen LogP contribution in [0.3, 0.4) is 0 Å². The Morgan fingerprint density at radius 2 is 2.17 bits per heavy atom. The lowest BCUT2D eigenvalue weighted by Gasteiger charge is -2.16. The maximum absolute atomic E-state index is 5.10. The zero-order chi connectivity index (χ0) is 13.2. The highest BCUT2D eigenvalue weighted by atomic mass is 79.9. The summed E-state index contributed by atoms with van der Waals surface area (Å²) in [6.45, 7) is 1.96. The second-order valence-electron chi connectivity index (χ2n) is 4.75. The van der Waals surface area contributed by atoms with E-state index in [1.165, 1.54) is 22.9 Å². The van der Waals surface area contributed by atoms with Crippen molar-refractivity contribution >= 4 is 15.9 Å². The van der Waals surface area contributed by atoms with Crippen molar-refractivity contribution in [3.8, 4) is 0 Å². The molecule has 0 radical (unpaired) electrons. The van der Waals surface area contributed by atoms with Crippen molar-refractivity contribution < 1.29 is 4.74 Å². The minimum Gasteiger partial charge on any atom is -0.385 e. The molecule has 0 amide bonds. The SMILES string of the molecule is CNCC(CCCCOC)Cc1cccc(Br)c1. The lowest BCUT2D eigenvalue weighted by Crippen LogP contribution is -2.21. The van der Waals surface area contributed by atoms with Gasteiger partial charge in [-0.15, -0.1) is 0 Å². The maximum Gasteiger partial charge on any atom is 0.0462 e. The fraction of sp³-hybridized carbons (Fsp3) is 0.600. The fourth-order valence-corrected chi connectivity index (χ4v) is 2.69. The van der Waals surface area contributed by atoms with Crippen LogP contribution in [-0.2, 0) is 11.2 Å². The molecule has 102 valence electrons. The Morgan fingerprint density at radius 1 is 1.33 bits per heavy atom. The van der Waals surface area contributed by atoms with Gasteiger partial charge < -0.3 is 10.1 Å². The smallest absolute Gasteiger partial charge is 0.0462 e. The number of benzene rings is 1. The molecule has 3 heteroatoms. The third-order valence-corrected chi connectivity index (χ3v) is 3.61. The molecule has 1 rings (SSSR count). The van der Waals surface area contributed by atoms with Crippen molar-refractivity contribution in [1.82, 2.24) is 5.32 Å². The highest BCUT2D eigenvalue weighted by Gasteiger charge is 2.09. The Hall–Kier alpha value is -0.380. The van der Waals surface area contributed by atoms with E-state index in [4.69, 9.17) is 4.74 Å². The van der Waals surface area contributed by atoms with E-state index in [0.29, 0.717) is 5.92 Å². The van der Waals surface area contributed by atoms with Gasteiger partial charge in [-0.25, -0.2) is 0 Å². The number of unbranched alkanes of at least 4 members (excludes halogenated alkanes) is 1. The van der Waals surface area contributed by atoms with Gasteiger partial charge in [0.25, 0.3) is 0 Å². The Balaban J connectivity index is 2.41. The summed E-state index contributed by atoms with van der Waals surface area (Å²) >= 11 is 3.53. The molecule has 0 aliphatic heterocycles. The first-order valence-electron chi connectivity index (χ1n) is 6.64. The van der Waals surface area contributed by atoms with Gasteiger partial charge in [0, 0.05) is 18.2 Å². The van der Waals surface area contributed by atoms with E-state index in [1.54, 1.807) is 7.11 Å². The van der Waals surface area contributed by atoms with Crippen LogP contribution >= 0.6 is 15.9 Å². The van der Waals surface area contributed by atoms with Crippen LogP contribution in [0.25, 0.3) is 0 Å². The molecule has 0 aliphatic rings. The number of rotatable bonds is 9. The molecule has 1 atom stereocenters. The lowest BCUT2D eigenvalue weighted by molar-refractivity contribution is 0.190. The van der Waals surface area contributed by atoms with Crippen LogP contribution in [0, 0.1) is 5.92 Å². The average molecular weight is 314 g/mol. The van der Waals surface area contributed by atoms with Gasteiger partial charge in [0.1, 0.15) is 0 Å². The van der Waals surface area contributed by atoms with Crippen LogP contribution in [-0.4, -0.2) is 27.3 Å². The van der Waals surface area contributed by atoms with Gasteiger partial charge in [0.15, 0.2) is 0 Å². The Morgan fingerprint density at radius 3 is 2.83 bits per heavy atom. The first-order chi connectivity index (χ1) is 8.76. The zero-order valence-electron chi connectivity index (χ0n) is 11.4. The van der Waals surface area contributed by atoms with E-state index in [0.717, 1.165) is 26.0 Å². The molecule has 0 heterocycles. The molecule has 0 bridgehead atoms. The average Bonchev–Trinajstić information content (AvgIpc) is 2.35. The van der Waals surface area contributed by atoms with Crippen molar-refractivity contribution in [1.29, 1.82) is 0 Å². The van der Waals surface area contributed by atoms with E-state index in [1.807, 2.05) is 7.05 Å². The number of hydrogen-bond donors (Lipinski definition) is 1. The van der Waals surface area contributed by atoms with Gasteiger partial charge in [-0.1, -0.05) is 34.5 Å². The Labute approximate surface area is 119 Å². The summed E-state index contributed by atoms with van der Waals surface area (Å²) in [5.74, 6) is 0.709. The van der Waals surface area contributed by atoms with E-state index < -0.39 is 0 Å². The minimum atomic E-state index is 0.709. The molecule has 0 saturated carbocycles. The summed E-state index contributed by atoms with van der Waals surface area (Å²) in [4.78, 5) is 0. The summed E-state index contributed by atoms with van der Waals surface area (Å²) in [6, 6.07) is 8.62. The van der Waals surface area contributed by atoms with Crippen LogP contribution < -0.4 is 5.32 Å². The second-order valence-corrected chi connectivity index (χ2v) is 5.66. The van der Waals surface area contributed by atoms with Crippen LogP contribution in [0.15, 0.2) is 28.7 Å². The third kappa shape index (κ3) is 6.53. The van der Waals surface area contributed by atoms with E-state index >= 15 is 0 Å². The molecule has 1 N–H and O–H groups in total. The molecule has 0 saturated heterocycles. The van der Waals surface area contributed by atoms with Gasteiger partial charge in [0.05, 0.1) is 0 Å². The molecule has 1 aromatic rings. The zero-order valence-corrected chi connectivity index (χ0v) is 13.0. The molecule has 0 spiro atoms. The number of hydrogen-bond acceptors (Lipinski definition) is 2. The normalized spacial score (nSPS) is 12.6. The van der Waals surface area contributed by atoms with Gasteiger partial charge >= 0.3 is 0 Å². The molecule has 1 unspecified atom stereocenters. The molecule has 0 fully saturated rings. The molecular formula is C15H24BrNO. The molecule has 0 aliphatic carbocycles. The molecular weight excluding hydrogens is 290 g/mol. The van der Waals surface area contributed by atoms with Crippen LogP contribution in [0.2, 0.25) is 0 Å². The van der Waals surface area contributed by atoms with E-state index in [2.05, 4.69) is 45.5 Å². The first kappa shape index (κ1) is 15.7. The van der Waals surface area contributed by atoms with Crippen molar-refractivity contribution in [3.05, 3.63) is 34.3 Å². The topological polar surface area (TPSA) is 21.3 Å². The predicted molar refractivity (Wildman–Crippen MR) is 81.0 cm³/mol.